The summed E-state index contributed by atoms with van der Waals surface area (Å²) in [7, 11) is -5.83. The van der Waals surface area contributed by atoms with E-state index < -0.39 is 17.5 Å². The minimum atomic E-state index is -4.69. The van der Waals surface area contributed by atoms with Crippen molar-refractivity contribution in [2.75, 3.05) is 7.11 Å². The van der Waals surface area contributed by atoms with Crippen molar-refractivity contribution in [3.8, 4) is 5.75 Å². The van der Waals surface area contributed by atoms with E-state index in [1.165, 1.54) is 7.11 Å². The van der Waals surface area contributed by atoms with Gasteiger partial charge in [-0.15, -0.1) is 0 Å². The number of carbonyl (C=O) groups excluding carboxylic acids is 1. The van der Waals surface area contributed by atoms with E-state index in [9.17, 15) is 4.79 Å². The first-order chi connectivity index (χ1) is 18.6. The zero-order valence-electron chi connectivity index (χ0n) is 20.5. The average Bonchev–Trinajstić information content (AvgIpc) is 2.93. The Hall–Kier alpha value is -2.97. The topological polar surface area (TPSA) is 128 Å². The van der Waals surface area contributed by atoms with Crippen LogP contribution < -0.4 is 39.9 Å². The molecule has 2 N–H and O–H groups in total. The number of amides is 1. The van der Waals surface area contributed by atoms with Gasteiger partial charge >= 0.3 is 0 Å². The maximum atomic E-state index is 13.6. The molecule has 0 heterocycles. The molecule has 39 heavy (non-hydrogen) atoms. The van der Waals surface area contributed by atoms with E-state index in [-0.39, 0.29) is 10.4 Å². The number of hydrogen-bond donors (Lipinski definition) is 2. The third kappa shape index (κ3) is 7.79. The molecule has 0 aliphatic heterocycles. The molecular formula is C28H24Cl3NO6P+. The van der Waals surface area contributed by atoms with Gasteiger partial charge in [-0.3, -0.25) is 10.1 Å². The number of nitrogens with one attached hydrogen (secondary N) is 1. The third-order valence-electron chi connectivity index (χ3n) is 5.53. The summed E-state index contributed by atoms with van der Waals surface area (Å²) in [5.41, 5.74) is 0.861. The van der Waals surface area contributed by atoms with Crippen LogP contribution in [0.2, 0.25) is 0 Å². The molecule has 0 radical (unpaired) electrons. The second kappa shape index (κ2) is 13.9. The number of benzene rings is 4. The molecular weight excluding hydrogens is 584 g/mol. The van der Waals surface area contributed by atoms with Crippen LogP contribution in [0.15, 0.2) is 125 Å². The molecule has 0 aromatic heterocycles. The van der Waals surface area contributed by atoms with Gasteiger partial charge in [0.2, 0.25) is 5.44 Å². The number of ether oxygens (including phenoxy) is 1. The van der Waals surface area contributed by atoms with Crippen LogP contribution in [-0.4, -0.2) is 17.7 Å². The Kier molecular flexibility index (Phi) is 10.9. The van der Waals surface area contributed by atoms with Crippen molar-refractivity contribution < 1.29 is 38.4 Å². The van der Waals surface area contributed by atoms with Crippen molar-refractivity contribution >= 4 is 52.3 Å². The standard InChI is InChI=1S/C28H22Cl2NO2P.ClHO4/c1-33-25-20-12-11-19-24(25)27(32)31-28(26(29)30)34(21-13-5-2-6-14-21,22-15-7-3-8-16-22)23-17-9-4-10-18-23;2-1(3,4)5/h2-20H,1H3;(H,2,3,4,5)/p+1. The molecule has 1 amide bonds. The summed E-state index contributed by atoms with van der Waals surface area (Å²) >= 11 is 13.2. The lowest BCUT2D eigenvalue weighted by molar-refractivity contribution is -1.92. The van der Waals surface area contributed by atoms with Gasteiger partial charge in [-0.1, -0.05) is 89.9 Å². The monoisotopic (exact) mass is 606 g/mol. The van der Waals surface area contributed by atoms with Crippen LogP contribution in [0, 0.1) is 10.2 Å². The van der Waals surface area contributed by atoms with Crippen LogP contribution in [0.1, 0.15) is 10.4 Å². The number of carbonyl (C=O) groups is 1. The summed E-state index contributed by atoms with van der Waals surface area (Å²) < 4.78 is 38.1. The third-order valence-corrected chi connectivity index (χ3v) is 10.4. The van der Waals surface area contributed by atoms with Crippen LogP contribution in [0.25, 0.3) is 0 Å². The normalized spacial score (nSPS) is 11.1. The molecule has 0 aliphatic carbocycles. The van der Waals surface area contributed by atoms with Crippen molar-refractivity contribution in [1.29, 1.82) is 0 Å². The van der Waals surface area contributed by atoms with Gasteiger partial charge < -0.3 is 4.74 Å². The molecule has 4 rings (SSSR count). The van der Waals surface area contributed by atoms with Gasteiger partial charge in [0, 0.05) is 0 Å². The van der Waals surface area contributed by atoms with Gasteiger partial charge in [0.15, 0.2) is 11.8 Å². The second-order valence-corrected chi connectivity index (χ2v) is 12.9. The highest BCUT2D eigenvalue weighted by molar-refractivity contribution is 7.99. The highest BCUT2D eigenvalue weighted by Crippen LogP contribution is 2.63. The fraction of sp³-hybridized carbons (Fsp3) is 0.0357. The number of methoxy groups -OCH3 is 1. The molecule has 4 aromatic rings. The Labute approximate surface area is 239 Å². The van der Waals surface area contributed by atoms with Crippen molar-refractivity contribution in [1.82, 2.24) is 5.32 Å². The summed E-state index contributed by atoms with van der Waals surface area (Å²) in [5, 5.41) is 6.14. The van der Waals surface area contributed by atoms with Crippen molar-refractivity contribution in [2.45, 2.75) is 0 Å². The van der Waals surface area contributed by atoms with E-state index in [0.717, 1.165) is 15.9 Å². The number of hydrogen-bond acceptors (Lipinski definition) is 6. The first-order valence-electron chi connectivity index (χ1n) is 11.3. The molecule has 0 atom stereocenters. The summed E-state index contributed by atoms with van der Waals surface area (Å²) in [6, 6.07) is 37.2. The number of para-hydroxylation sites is 1. The first-order valence-corrected chi connectivity index (χ1v) is 15.1. The Bertz CT molecular complexity index is 1290. The predicted molar refractivity (Wildman–Crippen MR) is 147 cm³/mol. The Morgan fingerprint density at radius 2 is 1.10 bits per heavy atom. The fourth-order valence-electron chi connectivity index (χ4n) is 4.05. The molecule has 7 nitrogen and oxygen atoms in total. The molecule has 0 saturated heterocycles. The predicted octanol–water partition coefficient (Wildman–Crippen LogP) is 1.90. The zero-order chi connectivity index (χ0) is 28.5. The average molecular weight is 608 g/mol. The van der Waals surface area contributed by atoms with E-state index in [4.69, 9.17) is 46.6 Å². The zero-order valence-corrected chi connectivity index (χ0v) is 23.7. The van der Waals surface area contributed by atoms with Crippen LogP contribution >= 0.6 is 30.5 Å². The van der Waals surface area contributed by atoms with Gasteiger partial charge in [0.1, 0.15) is 21.7 Å². The summed E-state index contributed by atoms with van der Waals surface area (Å²) in [6.07, 6.45) is 0. The SMILES string of the molecule is COc1ccccc1C(=O)NC(=C(Cl)Cl)[P+](c1ccccc1)(c1ccccc1)c1ccccc1.[O-][Cl+3]([O-])([O-])O. The number of halogens is 3. The van der Waals surface area contributed by atoms with E-state index >= 15 is 0 Å². The van der Waals surface area contributed by atoms with Crippen molar-refractivity contribution in [2.24, 2.45) is 0 Å². The van der Waals surface area contributed by atoms with Crippen molar-refractivity contribution in [3.05, 3.63) is 131 Å². The van der Waals surface area contributed by atoms with E-state index in [1.807, 2.05) is 60.7 Å². The van der Waals surface area contributed by atoms with E-state index in [1.54, 1.807) is 18.2 Å². The van der Waals surface area contributed by atoms with E-state index in [0.29, 0.717) is 16.8 Å². The molecule has 0 unspecified atom stereocenters. The quantitative estimate of drug-likeness (QED) is 0.309. The van der Waals surface area contributed by atoms with Gasteiger partial charge in [-0.2, -0.15) is 14.0 Å². The lowest BCUT2D eigenvalue weighted by atomic mass is 10.2. The fourth-order valence-corrected chi connectivity index (χ4v) is 8.96. The van der Waals surface area contributed by atoms with Gasteiger partial charge in [-0.25, -0.2) is 0 Å². The van der Waals surface area contributed by atoms with Crippen molar-refractivity contribution in [3.63, 3.8) is 0 Å². The lowest BCUT2D eigenvalue weighted by Crippen LogP contribution is -2.58. The Morgan fingerprint density at radius 3 is 1.46 bits per heavy atom. The van der Waals surface area contributed by atoms with Crippen LogP contribution in [0.3, 0.4) is 0 Å². The number of rotatable bonds is 7. The first kappa shape index (κ1) is 30.6. The summed E-state index contributed by atoms with van der Waals surface area (Å²) in [5.74, 6) is 0.117. The van der Waals surface area contributed by atoms with Crippen LogP contribution in [0.5, 0.6) is 5.75 Å². The smallest absolute Gasteiger partial charge is 0.261 e. The molecule has 202 valence electrons. The molecule has 0 saturated carbocycles. The molecule has 0 fully saturated rings. The minimum Gasteiger partial charge on any atom is -0.496 e. The second-order valence-electron chi connectivity index (χ2n) is 7.84. The van der Waals surface area contributed by atoms with Gasteiger partial charge in [0.25, 0.3) is 5.91 Å². The van der Waals surface area contributed by atoms with Crippen LogP contribution in [0.4, 0.5) is 0 Å². The molecule has 11 heteroatoms. The highest BCUT2D eigenvalue weighted by atomic mass is 35.7. The Balaban J connectivity index is 0.000000771. The summed E-state index contributed by atoms with van der Waals surface area (Å²) in [6.45, 7) is 0. The molecule has 0 bridgehead atoms. The maximum absolute atomic E-state index is 13.6. The van der Waals surface area contributed by atoms with E-state index in [2.05, 4.69) is 41.7 Å². The summed E-state index contributed by atoms with van der Waals surface area (Å²) in [4.78, 5) is 13.6. The molecule has 4 aromatic carbocycles. The Morgan fingerprint density at radius 1 is 0.744 bits per heavy atom. The maximum Gasteiger partial charge on any atom is 0.261 e. The van der Waals surface area contributed by atoms with Crippen LogP contribution in [-0.2, 0) is 0 Å². The highest BCUT2D eigenvalue weighted by Gasteiger charge is 2.52. The molecule has 0 spiro atoms. The van der Waals surface area contributed by atoms with Gasteiger partial charge in [0.05, 0.1) is 27.6 Å². The van der Waals surface area contributed by atoms with Gasteiger partial charge in [-0.05, 0) is 48.5 Å². The lowest BCUT2D eigenvalue weighted by Gasteiger charge is -2.29. The largest absolute Gasteiger partial charge is 0.496 e. The molecule has 0 aliphatic rings. The minimum absolute atomic E-state index is 0.00754.